The van der Waals surface area contributed by atoms with Crippen molar-refractivity contribution in [1.29, 1.82) is 0 Å². The van der Waals surface area contributed by atoms with Crippen molar-refractivity contribution in [1.82, 2.24) is 0 Å². The van der Waals surface area contributed by atoms with Gasteiger partial charge in [-0.15, -0.1) is 0 Å². The molecule has 164 valence electrons. The molecule has 0 saturated heterocycles. The highest BCUT2D eigenvalue weighted by atomic mass is 16.6. The predicted molar refractivity (Wildman–Crippen MR) is 105 cm³/mol. The normalized spacial score (nSPS) is 11.0. The first-order chi connectivity index (χ1) is 12.8. The molecule has 0 fully saturated rings. The van der Waals surface area contributed by atoms with Crippen LogP contribution in [-0.2, 0) is 33.2 Å². The minimum Gasteiger partial charge on any atom is -0.460 e. The summed E-state index contributed by atoms with van der Waals surface area (Å²) in [5.74, 6) is -0.225. The number of rotatable bonds is 16. The third-order valence-corrected chi connectivity index (χ3v) is 2.55. The number of carbonyl (C=O) groups excluding carboxylic acids is 1. The Kier molecular flexibility index (Phi) is 22.7. The van der Waals surface area contributed by atoms with E-state index in [1.165, 1.54) is 6.92 Å². The summed E-state index contributed by atoms with van der Waals surface area (Å²) in [5, 5.41) is 0. The number of ether oxygens (including phenoxy) is 6. The zero-order valence-corrected chi connectivity index (χ0v) is 17.9. The molecule has 0 aliphatic rings. The first-order valence-corrected chi connectivity index (χ1v) is 9.61. The van der Waals surface area contributed by atoms with Crippen molar-refractivity contribution in [2.75, 3.05) is 72.6 Å². The minimum absolute atomic E-state index is 0.225. The van der Waals surface area contributed by atoms with Crippen LogP contribution >= 0.6 is 0 Å². The molecule has 0 unspecified atom stereocenters. The number of nitrogens with two attached hydrogens (primary N) is 1. The number of hydrogen-bond donors (Lipinski definition) is 1. The van der Waals surface area contributed by atoms with Gasteiger partial charge in [-0.05, 0) is 27.2 Å². The van der Waals surface area contributed by atoms with Gasteiger partial charge in [0.25, 0.3) is 0 Å². The largest absolute Gasteiger partial charge is 0.460 e. The molecule has 0 aromatic rings. The first-order valence-electron chi connectivity index (χ1n) is 9.61. The van der Waals surface area contributed by atoms with Gasteiger partial charge in [0.05, 0.1) is 59.5 Å². The lowest BCUT2D eigenvalue weighted by molar-refractivity contribution is -0.151. The molecule has 0 saturated carbocycles. The average Bonchev–Trinajstić information content (AvgIpc) is 2.57. The number of esters is 1. The third-order valence-electron chi connectivity index (χ3n) is 2.55. The van der Waals surface area contributed by atoms with Crippen LogP contribution in [0.5, 0.6) is 0 Å². The van der Waals surface area contributed by atoms with Crippen molar-refractivity contribution in [2.24, 2.45) is 5.73 Å². The van der Waals surface area contributed by atoms with Crippen LogP contribution in [0.2, 0.25) is 0 Å². The average molecular weight is 396 g/mol. The molecule has 27 heavy (non-hydrogen) atoms. The maximum atomic E-state index is 10.2. The maximum Gasteiger partial charge on any atom is 0.303 e. The second-order valence-corrected chi connectivity index (χ2v) is 6.56. The first kappa shape index (κ1) is 28.4. The zero-order valence-electron chi connectivity index (χ0n) is 17.9. The van der Waals surface area contributed by atoms with Crippen LogP contribution in [0.15, 0.2) is 0 Å². The van der Waals surface area contributed by atoms with Gasteiger partial charge >= 0.3 is 5.97 Å². The van der Waals surface area contributed by atoms with Gasteiger partial charge in [-0.25, -0.2) is 0 Å². The molecule has 0 amide bonds. The van der Waals surface area contributed by atoms with Crippen molar-refractivity contribution in [2.45, 2.75) is 46.6 Å². The monoisotopic (exact) mass is 395 g/mol. The van der Waals surface area contributed by atoms with Gasteiger partial charge in [-0.2, -0.15) is 0 Å². The van der Waals surface area contributed by atoms with Crippen LogP contribution in [0.4, 0.5) is 0 Å². The summed E-state index contributed by atoms with van der Waals surface area (Å²) in [5.41, 5.74) is 4.95. The minimum atomic E-state index is -0.328. The smallest absolute Gasteiger partial charge is 0.303 e. The molecular formula is C19H41NO7. The lowest BCUT2D eigenvalue weighted by Gasteiger charge is -2.17. The highest BCUT2D eigenvalue weighted by Crippen LogP contribution is 2.05. The van der Waals surface area contributed by atoms with Gasteiger partial charge in [0.15, 0.2) is 0 Å². The third kappa shape index (κ3) is 33.3. The molecular weight excluding hydrogens is 354 g/mol. The standard InChI is InChI=1S/C13H29NO5.C6H12O2/c1-2-4-15-6-8-17-10-12-19-13-11-18-9-7-16-5-3-14;1-5(7)8-6(2,3)4/h2-14H2,1H3;1-4H3. The van der Waals surface area contributed by atoms with Crippen LogP contribution in [0.3, 0.4) is 0 Å². The summed E-state index contributed by atoms with van der Waals surface area (Å²) in [7, 11) is 0. The Hall–Kier alpha value is -0.770. The Balaban J connectivity index is 0. The Labute approximate surface area is 164 Å². The molecule has 2 N–H and O–H groups in total. The van der Waals surface area contributed by atoms with E-state index in [2.05, 4.69) is 6.92 Å². The van der Waals surface area contributed by atoms with Gasteiger partial charge in [-0.1, -0.05) is 6.92 Å². The van der Waals surface area contributed by atoms with Crippen molar-refractivity contribution in [3.05, 3.63) is 0 Å². The van der Waals surface area contributed by atoms with Gasteiger partial charge in [0, 0.05) is 20.1 Å². The van der Waals surface area contributed by atoms with E-state index in [4.69, 9.17) is 34.2 Å². The van der Waals surface area contributed by atoms with Crippen LogP contribution in [0, 0.1) is 0 Å². The second-order valence-electron chi connectivity index (χ2n) is 6.56. The molecule has 0 spiro atoms. The lowest BCUT2D eigenvalue weighted by atomic mass is 10.2. The van der Waals surface area contributed by atoms with Crippen molar-refractivity contribution >= 4 is 5.97 Å². The Bertz CT molecular complexity index is 293. The summed E-state index contributed by atoms with van der Waals surface area (Å²) in [6.45, 7) is 15.7. The Morgan fingerprint density at radius 3 is 1.26 bits per heavy atom. The van der Waals surface area contributed by atoms with Crippen LogP contribution in [-0.4, -0.2) is 84.2 Å². The van der Waals surface area contributed by atoms with Crippen molar-refractivity contribution in [3.63, 3.8) is 0 Å². The van der Waals surface area contributed by atoms with E-state index in [1.807, 2.05) is 20.8 Å². The van der Waals surface area contributed by atoms with E-state index >= 15 is 0 Å². The SMILES string of the molecule is CC(=O)OC(C)(C)C.CCCOCCOCCOCCOCCOCCN. The molecule has 8 nitrogen and oxygen atoms in total. The Morgan fingerprint density at radius 1 is 0.704 bits per heavy atom. The molecule has 0 bridgehead atoms. The molecule has 0 aromatic carbocycles. The van der Waals surface area contributed by atoms with E-state index in [-0.39, 0.29) is 11.6 Å². The van der Waals surface area contributed by atoms with Crippen molar-refractivity contribution < 1.29 is 33.2 Å². The Morgan fingerprint density at radius 2 is 1.04 bits per heavy atom. The summed E-state index contributed by atoms with van der Waals surface area (Å²) in [6.07, 6.45) is 1.04. The lowest BCUT2D eigenvalue weighted by Crippen LogP contribution is -2.21. The topological polar surface area (TPSA) is 98.5 Å². The summed E-state index contributed by atoms with van der Waals surface area (Å²) >= 11 is 0. The molecule has 0 aliphatic carbocycles. The molecule has 0 rings (SSSR count). The van der Waals surface area contributed by atoms with Gasteiger partial charge in [-0.3, -0.25) is 4.79 Å². The highest BCUT2D eigenvalue weighted by molar-refractivity contribution is 5.66. The van der Waals surface area contributed by atoms with Gasteiger partial charge < -0.3 is 34.2 Å². The zero-order chi connectivity index (χ0) is 20.8. The summed E-state index contributed by atoms with van der Waals surface area (Å²) in [6, 6.07) is 0. The fraction of sp³-hybridized carbons (Fsp3) is 0.947. The van der Waals surface area contributed by atoms with E-state index in [0.29, 0.717) is 66.0 Å². The second kappa shape index (κ2) is 21.5. The van der Waals surface area contributed by atoms with E-state index in [1.54, 1.807) is 0 Å². The quantitative estimate of drug-likeness (QED) is 0.312. The predicted octanol–water partition coefficient (Wildman–Crippen LogP) is 1.79. The van der Waals surface area contributed by atoms with Crippen LogP contribution < -0.4 is 5.73 Å². The van der Waals surface area contributed by atoms with E-state index < -0.39 is 0 Å². The molecule has 0 heterocycles. The highest BCUT2D eigenvalue weighted by Gasteiger charge is 2.11. The molecule has 8 heteroatoms. The summed E-state index contributed by atoms with van der Waals surface area (Å²) < 4.78 is 31.2. The fourth-order valence-corrected chi connectivity index (χ4v) is 1.64. The van der Waals surface area contributed by atoms with E-state index in [0.717, 1.165) is 13.0 Å². The van der Waals surface area contributed by atoms with E-state index in [9.17, 15) is 4.79 Å². The molecule has 0 atom stereocenters. The molecule has 0 aliphatic heterocycles. The fourth-order valence-electron chi connectivity index (χ4n) is 1.64. The molecule has 0 radical (unpaired) electrons. The van der Waals surface area contributed by atoms with Crippen molar-refractivity contribution in [3.8, 4) is 0 Å². The maximum absolute atomic E-state index is 10.2. The van der Waals surface area contributed by atoms with Gasteiger partial charge in [0.2, 0.25) is 0 Å². The van der Waals surface area contributed by atoms with Crippen LogP contribution in [0.25, 0.3) is 0 Å². The molecule has 0 aromatic heterocycles. The van der Waals surface area contributed by atoms with Crippen LogP contribution in [0.1, 0.15) is 41.0 Å². The number of hydrogen-bond acceptors (Lipinski definition) is 8. The summed E-state index contributed by atoms with van der Waals surface area (Å²) in [4.78, 5) is 10.2. The number of carbonyl (C=O) groups is 1. The van der Waals surface area contributed by atoms with Gasteiger partial charge in [0.1, 0.15) is 5.60 Å².